The number of hydrogen-bond donors (Lipinski definition) is 2. The predicted octanol–water partition coefficient (Wildman–Crippen LogP) is 6.09. The van der Waals surface area contributed by atoms with Crippen molar-refractivity contribution in [2.24, 2.45) is 17.8 Å². The van der Waals surface area contributed by atoms with Gasteiger partial charge in [-0.1, -0.05) is 55.8 Å². The van der Waals surface area contributed by atoms with Crippen LogP contribution in [0.15, 0.2) is 18.2 Å². The Labute approximate surface area is 224 Å². The Morgan fingerprint density at radius 3 is 2.72 bits per heavy atom. The molecule has 36 heavy (non-hydrogen) atoms. The van der Waals surface area contributed by atoms with E-state index < -0.39 is 5.60 Å². The lowest BCUT2D eigenvalue weighted by Crippen LogP contribution is -2.49. The molecular weight excluding hydrogens is 472 g/mol. The summed E-state index contributed by atoms with van der Waals surface area (Å²) < 4.78 is 5.25. The molecule has 1 saturated heterocycles. The Morgan fingerprint density at radius 2 is 2.00 bits per heavy atom. The number of amides is 1. The average Bonchev–Trinajstić information content (AvgIpc) is 2.89. The first-order valence-electron chi connectivity index (χ1n) is 14.3. The van der Waals surface area contributed by atoms with E-state index in [0.29, 0.717) is 36.9 Å². The molecule has 1 aromatic rings. The summed E-state index contributed by atoms with van der Waals surface area (Å²) in [7, 11) is 3.71. The summed E-state index contributed by atoms with van der Waals surface area (Å²) in [4.78, 5) is 15.6. The highest BCUT2D eigenvalue weighted by Crippen LogP contribution is 2.42. The number of aliphatic hydroxyl groups is 1. The fraction of sp³-hybridized carbons (Fsp3) is 0.767. The fourth-order valence-corrected chi connectivity index (χ4v) is 6.84. The maximum atomic E-state index is 13.5. The molecular formula is C30H49ClN2O3. The van der Waals surface area contributed by atoms with Crippen molar-refractivity contribution in [2.45, 2.75) is 89.6 Å². The average molecular weight is 521 g/mol. The number of rotatable bonds is 13. The Balaban J connectivity index is 1.72. The molecule has 1 aliphatic carbocycles. The van der Waals surface area contributed by atoms with Gasteiger partial charge < -0.3 is 20.1 Å². The molecule has 1 aromatic carbocycles. The van der Waals surface area contributed by atoms with E-state index in [1.54, 1.807) is 7.11 Å². The summed E-state index contributed by atoms with van der Waals surface area (Å²) >= 11 is 6.49. The zero-order chi connectivity index (χ0) is 26.0. The normalized spacial score (nSPS) is 21.8. The summed E-state index contributed by atoms with van der Waals surface area (Å²) in [6, 6.07) is 5.84. The Bertz CT molecular complexity index is 813. The number of ether oxygens (including phenoxy) is 1. The third-order valence-corrected chi connectivity index (χ3v) is 9.10. The van der Waals surface area contributed by atoms with E-state index in [1.165, 1.54) is 32.1 Å². The van der Waals surface area contributed by atoms with Gasteiger partial charge in [0.15, 0.2) is 0 Å². The van der Waals surface area contributed by atoms with Gasteiger partial charge in [-0.25, -0.2) is 0 Å². The summed E-state index contributed by atoms with van der Waals surface area (Å²) in [5.41, 5.74) is 0.851. The number of carbonyl (C=O) groups is 1. The molecule has 2 fully saturated rings. The second-order valence-electron chi connectivity index (χ2n) is 11.3. The lowest BCUT2D eigenvalue weighted by Gasteiger charge is -2.44. The highest BCUT2D eigenvalue weighted by atomic mass is 35.5. The molecule has 0 bridgehead atoms. The first kappa shape index (κ1) is 29.4. The maximum Gasteiger partial charge on any atom is 0.222 e. The number of nitrogens with zero attached hydrogens (tertiary/aromatic N) is 1. The number of halogens is 1. The minimum absolute atomic E-state index is 0.00370. The minimum Gasteiger partial charge on any atom is -0.385 e. The molecule has 1 amide bonds. The van der Waals surface area contributed by atoms with Crippen molar-refractivity contribution in [1.82, 2.24) is 10.2 Å². The van der Waals surface area contributed by atoms with Crippen LogP contribution in [0.3, 0.4) is 0 Å². The van der Waals surface area contributed by atoms with E-state index in [1.807, 2.05) is 37.1 Å². The van der Waals surface area contributed by atoms with Gasteiger partial charge in [0.25, 0.3) is 0 Å². The van der Waals surface area contributed by atoms with Crippen molar-refractivity contribution in [2.75, 3.05) is 40.4 Å². The van der Waals surface area contributed by atoms with Crippen LogP contribution in [-0.2, 0) is 15.1 Å². The lowest BCUT2D eigenvalue weighted by atomic mass is 9.72. The smallest absolute Gasteiger partial charge is 0.222 e. The van der Waals surface area contributed by atoms with Gasteiger partial charge >= 0.3 is 0 Å². The Hall–Kier alpha value is -1.14. The van der Waals surface area contributed by atoms with Crippen LogP contribution in [0.5, 0.6) is 0 Å². The molecule has 2 aliphatic rings. The van der Waals surface area contributed by atoms with E-state index in [2.05, 4.69) is 5.32 Å². The van der Waals surface area contributed by atoms with Crippen LogP contribution < -0.4 is 5.32 Å². The van der Waals surface area contributed by atoms with Gasteiger partial charge in [-0.2, -0.15) is 0 Å². The molecule has 1 saturated carbocycles. The van der Waals surface area contributed by atoms with Gasteiger partial charge in [0.2, 0.25) is 5.91 Å². The van der Waals surface area contributed by atoms with E-state index >= 15 is 0 Å². The first-order chi connectivity index (χ1) is 17.4. The van der Waals surface area contributed by atoms with E-state index in [4.69, 9.17) is 16.3 Å². The van der Waals surface area contributed by atoms with Gasteiger partial charge in [-0.05, 0) is 88.1 Å². The van der Waals surface area contributed by atoms with Gasteiger partial charge in [-0.3, -0.25) is 4.79 Å². The molecule has 0 spiro atoms. The van der Waals surface area contributed by atoms with Crippen LogP contribution in [0.25, 0.3) is 0 Å². The lowest BCUT2D eigenvalue weighted by molar-refractivity contribution is -0.138. The van der Waals surface area contributed by atoms with Crippen molar-refractivity contribution in [3.05, 3.63) is 34.3 Å². The van der Waals surface area contributed by atoms with Crippen molar-refractivity contribution in [3.63, 3.8) is 0 Å². The maximum absolute atomic E-state index is 13.5. The highest BCUT2D eigenvalue weighted by Gasteiger charge is 2.42. The SMILES string of the molecule is CNC[C@@H](CC(=O)N1CCC[C@@H]([C@](O)(CCCCOC)c2cccc(Cl)c2C)C1)CC1CCCCC1. The highest BCUT2D eigenvalue weighted by molar-refractivity contribution is 6.31. The molecule has 1 heterocycles. The molecule has 0 radical (unpaired) electrons. The van der Waals surface area contributed by atoms with E-state index in [9.17, 15) is 9.90 Å². The summed E-state index contributed by atoms with van der Waals surface area (Å²) in [5, 5.41) is 16.3. The van der Waals surface area contributed by atoms with Crippen molar-refractivity contribution in [3.8, 4) is 0 Å². The van der Waals surface area contributed by atoms with Crippen LogP contribution in [0, 0.1) is 24.7 Å². The summed E-state index contributed by atoms with van der Waals surface area (Å²) in [6.45, 7) is 4.98. The molecule has 2 N–H and O–H groups in total. The van der Waals surface area contributed by atoms with Gasteiger partial charge in [0, 0.05) is 44.2 Å². The van der Waals surface area contributed by atoms with Crippen LogP contribution in [-0.4, -0.2) is 56.3 Å². The number of nitrogens with one attached hydrogen (secondary N) is 1. The summed E-state index contributed by atoms with van der Waals surface area (Å²) in [5.74, 6) is 1.40. The van der Waals surface area contributed by atoms with E-state index in [0.717, 1.165) is 62.2 Å². The number of hydrogen-bond acceptors (Lipinski definition) is 4. The molecule has 3 atom stereocenters. The van der Waals surface area contributed by atoms with Gasteiger partial charge in [0.05, 0.1) is 5.60 Å². The van der Waals surface area contributed by atoms with Gasteiger partial charge in [0.1, 0.15) is 0 Å². The Kier molecular flexibility index (Phi) is 12.0. The topological polar surface area (TPSA) is 61.8 Å². The Morgan fingerprint density at radius 1 is 1.22 bits per heavy atom. The number of benzene rings is 1. The molecule has 0 aromatic heterocycles. The van der Waals surface area contributed by atoms with Crippen LogP contribution >= 0.6 is 11.6 Å². The standard InChI is InChI=1S/C30H49ClN2O3/c1-23-27(14-9-15-28(23)31)30(35,16-7-8-18-36-3)26-13-10-17-33(22-26)29(34)20-25(21-32-2)19-24-11-5-4-6-12-24/h9,14-15,24-26,32,35H,4-8,10-13,16-22H2,1-3H3/t25-,26-,30-/m1/s1. The molecule has 1 aliphatic heterocycles. The van der Waals surface area contributed by atoms with Crippen molar-refractivity contribution < 1.29 is 14.6 Å². The number of carbonyl (C=O) groups excluding carboxylic acids is 1. The number of unbranched alkanes of at least 4 members (excludes halogenated alkanes) is 1. The molecule has 0 unspecified atom stereocenters. The predicted molar refractivity (Wildman–Crippen MR) is 148 cm³/mol. The molecule has 204 valence electrons. The molecule has 5 nitrogen and oxygen atoms in total. The monoisotopic (exact) mass is 520 g/mol. The molecule has 6 heteroatoms. The van der Waals surface area contributed by atoms with Crippen molar-refractivity contribution >= 4 is 17.5 Å². The third kappa shape index (κ3) is 7.93. The van der Waals surface area contributed by atoms with Crippen molar-refractivity contribution in [1.29, 1.82) is 0 Å². The first-order valence-corrected chi connectivity index (χ1v) is 14.7. The zero-order valence-corrected chi connectivity index (χ0v) is 23.6. The zero-order valence-electron chi connectivity index (χ0n) is 22.9. The number of piperidine rings is 1. The summed E-state index contributed by atoms with van der Waals surface area (Å²) in [6.07, 6.45) is 12.7. The second-order valence-corrected chi connectivity index (χ2v) is 11.7. The van der Waals surface area contributed by atoms with Gasteiger partial charge in [-0.15, -0.1) is 0 Å². The quantitative estimate of drug-likeness (QED) is 0.309. The largest absolute Gasteiger partial charge is 0.385 e. The molecule has 3 rings (SSSR count). The van der Waals surface area contributed by atoms with E-state index in [-0.39, 0.29) is 11.8 Å². The third-order valence-electron chi connectivity index (χ3n) is 8.69. The van der Waals surface area contributed by atoms with Crippen LogP contribution in [0.2, 0.25) is 5.02 Å². The number of likely N-dealkylation sites (tertiary alicyclic amines) is 1. The fourth-order valence-electron chi connectivity index (χ4n) is 6.67. The van der Waals surface area contributed by atoms with Crippen LogP contribution in [0.4, 0.5) is 0 Å². The number of methoxy groups -OCH3 is 1. The minimum atomic E-state index is -1.01. The second kappa shape index (κ2) is 14.7. The van der Waals surface area contributed by atoms with Crippen LogP contribution in [0.1, 0.15) is 88.2 Å².